The normalized spacial score (nSPS) is 9.31. The van der Waals surface area contributed by atoms with E-state index in [0.29, 0.717) is 12.2 Å². The van der Waals surface area contributed by atoms with Crippen LogP contribution in [0.15, 0.2) is 18.2 Å². The fourth-order valence-electron chi connectivity index (χ4n) is 1.22. The highest BCUT2D eigenvalue weighted by molar-refractivity contribution is 5.76. The summed E-state index contributed by atoms with van der Waals surface area (Å²) in [4.78, 5) is 10.9. The van der Waals surface area contributed by atoms with Crippen molar-refractivity contribution in [3.8, 4) is 6.07 Å². The van der Waals surface area contributed by atoms with Gasteiger partial charge in [0.15, 0.2) is 0 Å². The topological polar surface area (TPSA) is 64.9 Å². The maximum absolute atomic E-state index is 13.2. The first kappa shape index (κ1) is 12.0. The number of amides is 1. The second kappa shape index (κ2) is 5.71. The Morgan fingerprint density at radius 2 is 2.31 bits per heavy atom. The van der Waals surface area contributed by atoms with E-state index in [-0.39, 0.29) is 17.9 Å². The monoisotopic (exact) mass is 221 g/mol. The summed E-state index contributed by atoms with van der Waals surface area (Å²) in [7, 11) is 1.55. The van der Waals surface area contributed by atoms with Crippen molar-refractivity contribution in [2.75, 3.05) is 18.9 Å². The molecule has 0 aliphatic carbocycles. The lowest BCUT2D eigenvalue weighted by molar-refractivity contribution is -0.120. The zero-order valence-electron chi connectivity index (χ0n) is 8.88. The van der Waals surface area contributed by atoms with Crippen LogP contribution in [0.3, 0.4) is 0 Å². The van der Waals surface area contributed by atoms with Gasteiger partial charge in [-0.3, -0.25) is 4.79 Å². The highest BCUT2D eigenvalue weighted by atomic mass is 19.1. The number of carbonyl (C=O) groups is 1. The largest absolute Gasteiger partial charge is 0.383 e. The fraction of sp³-hybridized carbons (Fsp3) is 0.273. The van der Waals surface area contributed by atoms with Gasteiger partial charge in [0, 0.05) is 20.0 Å². The molecule has 0 aromatic heterocycles. The van der Waals surface area contributed by atoms with Gasteiger partial charge in [0.05, 0.1) is 5.69 Å². The standard InChI is InChI=1S/C11H12FN3O/c1-14-11(16)5-6-15-10-4-2-3-9(12)8(10)7-13/h2-4,15H,5-6H2,1H3,(H,14,16). The van der Waals surface area contributed by atoms with Crippen molar-refractivity contribution in [3.05, 3.63) is 29.6 Å². The number of nitriles is 1. The van der Waals surface area contributed by atoms with Gasteiger partial charge in [-0.05, 0) is 12.1 Å². The fourth-order valence-corrected chi connectivity index (χ4v) is 1.22. The maximum atomic E-state index is 13.2. The van der Waals surface area contributed by atoms with Crippen LogP contribution in [0.2, 0.25) is 0 Å². The van der Waals surface area contributed by atoms with Crippen molar-refractivity contribution in [1.82, 2.24) is 5.32 Å². The molecule has 84 valence electrons. The van der Waals surface area contributed by atoms with Gasteiger partial charge in [-0.2, -0.15) is 5.26 Å². The minimum Gasteiger partial charge on any atom is -0.383 e. The van der Waals surface area contributed by atoms with Crippen LogP contribution < -0.4 is 10.6 Å². The number of anilines is 1. The van der Waals surface area contributed by atoms with Gasteiger partial charge in [0.1, 0.15) is 17.4 Å². The van der Waals surface area contributed by atoms with Crippen molar-refractivity contribution in [1.29, 1.82) is 5.26 Å². The van der Waals surface area contributed by atoms with Crippen LogP contribution in [-0.2, 0) is 4.79 Å². The van der Waals surface area contributed by atoms with E-state index in [2.05, 4.69) is 10.6 Å². The quantitative estimate of drug-likeness (QED) is 0.804. The van der Waals surface area contributed by atoms with Crippen molar-refractivity contribution < 1.29 is 9.18 Å². The molecular weight excluding hydrogens is 209 g/mol. The van der Waals surface area contributed by atoms with E-state index in [9.17, 15) is 9.18 Å². The van der Waals surface area contributed by atoms with Gasteiger partial charge in [-0.1, -0.05) is 6.07 Å². The summed E-state index contributed by atoms with van der Waals surface area (Å²) in [5.41, 5.74) is 0.380. The lowest BCUT2D eigenvalue weighted by atomic mass is 10.2. The number of rotatable bonds is 4. The van der Waals surface area contributed by atoms with E-state index in [1.54, 1.807) is 19.2 Å². The molecule has 0 spiro atoms. The molecule has 0 atom stereocenters. The van der Waals surface area contributed by atoms with Gasteiger partial charge in [0.25, 0.3) is 0 Å². The van der Waals surface area contributed by atoms with Crippen molar-refractivity contribution >= 4 is 11.6 Å². The van der Waals surface area contributed by atoms with Crippen LogP contribution in [0.25, 0.3) is 0 Å². The molecule has 0 saturated carbocycles. The molecule has 16 heavy (non-hydrogen) atoms. The molecule has 5 heteroatoms. The molecule has 0 aliphatic rings. The van der Waals surface area contributed by atoms with E-state index in [1.165, 1.54) is 12.1 Å². The average Bonchev–Trinajstić information content (AvgIpc) is 2.29. The number of benzene rings is 1. The van der Waals surface area contributed by atoms with Crippen LogP contribution >= 0.6 is 0 Å². The Bertz CT molecular complexity index is 426. The summed E-state index contributed by atoms with van der Waals surface area (Å²) in [6.45, 7) is 0.359. The highest BCUT2D eigenvalue weighted by Gasteiger charge is 2.07. The molecule has 0 aliphatic heterocycles. The van der Waals surface area contributed by atoms with Crippen LogP contribution in [0.1, 0.15) is 12.0 Å². The minimum atomic E-state index is -0.563. The van der Waals surface area contributed by atoms with Gasteiger partial charge in [-0.25, -0.2) is 4.39 Å². The second-order valence-corrected chi connectivity index (χ2v) is 3.12. The summed E-state index contributed by atoms with van der Waals surface area (Å²) in [6.07, 6.45) is 0.276. The molecule has 0 bridgehead atoms. The Labute approximate surface area is 93.1 Å². The molecule has 0 heterocycles. The number of nitrogens with one attached hydrogen (secondary N) is 2. The Kier molecular flexibility index (Phi) is 4.28. The average molecular weight is 221 g/mol. The summed E-state index contributed by atoms with van der Waals surface area (Å²) in [5, 5.41) is 14.1. The lowest BCUT2D eigenvalue weighted by Crippen LogP contribution is -2.21. The van der Waals surface area contributed by atoms with Gasteiger partial charge in [-0.15, -0.1) is 0 Å². The number of hydrogen-bond donors (Lipinski definition) is 2. The summed E-state index contributed by atoms with van der Waals surface area (Å²) in [6, 6.07) is 6.12. The molecule has 0 radical (unpaired) electrons. The summed E-state index contributed by atoms with van der Waals surface area (Å²) < 4.78 is 13.2. The smallest absolute Gasteiger partial charge is 0.221 e. The van der Waals surface area contributed by atoms with Crippen molar-refractivity contribution in [2.45, 2.75) is 6.42 Å². The third-order valence-electron chi connectivity index (χ3n) is 2.07. The number of carbonyl (C=O) groups excluding carboxylic acids is 1. The van der Waals surface area contributed by atoms with E-state index >= 15 is 0 Å². The summed E-state index contributed by atoms with van der Waals surface area (Å²) in [5.74, 6) is -0.671. The first-order valence-corrected chi connectivity index (χ1v) is 4.82. The van der Waals surface area contributed by atoms with E-state index < -0.39 is 5.82 Å². The molecule has 1 amide bonds. The van der Waals surface area contributed by atoms with Crippen LogP contribution in [0.4, 0.5) is 10.1 Å². The minimum absolute atomic E-state index is 0.0283. The molecule has 1 rings (SSSR count). The molecule has 2 N–H and O–H groups in total. The van der Waals surface area contributed by atoms with Gasteiger partial charge in [0.2, 0.25) is 5.91 Å². The Hall–Kier alpha value is -2.09. The molecule has 0 unspecified atom stereocenters. The molecule has 4 nitrogen and oxygen atoms in total. The van der Waals surface area contributed by atoms with E-state index in [0.717, 1.165) is 0 Å². The summed E-state index contributed by atoms with van der Waals surface area (Å²) >= 11 is 0. The molecule has 1 aromatic carbocycles. The lowest BCUT2D eigenvalue weighted by Gasteiger charge is -2.07. The first-order chi connectivity index (χ1) is 7.69. The number of hydrogen-bond acceptors (Lipinski definition) is 3. The van der Waals surface area contributed by atoms with Gasteiger partial charge < -0.3 is 10.6 Å². The molecule has 1 aromatic rings. The zero-order valence-corrected chi connectivity index (χ0v) is 8.88. The van der Waals surface area contributed by atoms with Crippen LogP contribution in [-0.4, -0.2) is 19.5 Å². The molecule has 0 saturated heterocycles. The van der Waals surface area contributed by atoms with Crippen molar-refractivity contribution in [2.24, 2.45) is 0 Å². The Morgan fingerprint density at radius 3 is 2.94 bits per heavy atom. The number of nitrogens with zero attached hydrogens (tertiary/aromatic N) is 1. The van der Waals surface area contributed by atoms with E-state index in [1.807, 2.05) is 0 Å². The SMILES string of the molecule is CNC(=O)CCNc1cccc(F)c1C#N. The molecule has 0 fully saturated rings. The van der Waals surface area contributed by atoms with Gasteiger partial charge >= 0.3 is 0 Å². The first-order valence-electron chi connectivity index (χ1n) is 4.82. The van der Waals surface area contributed by atoms with Crippen LogP contribution in [0.5, 0.6) is 0 Å². The zero-order chi connectivity index (χ0) is 12.0. The maximum Gasteiger partial charge on any atom is 0.221 e. The third-order valence-corrected chi connectivity index (χ3v) is 2.07. The molecular formula is C11H12FN3O. The van der Waals surface area contributed by atoms with Crippen LogP contribution in [0, 0.1) is 17.1 Å². The Morgan fingerprint density at radius 1 is 1.56 bits per heavy atom. The van der Waals surface area contributed by atoms with Crippen molar-refractivity contribution in [3.63, 3.8) is 0 Å². The third kappa shape index (κ3) is 2.95. The highest BCUT2D eigenvalue weighted by Crippen LogP contribution is 2.17. The predicted octanol–water partition coefficient (Wildman–Crippen LogP) is 1.25. The second-order valence-electron chi connectivity index (χ2n) is 3.12. The predicted molar refractivity (Wildman–Crippen MR) is 58.3 cm³/mol. The number of halogens is 1. The Balaban J connectivity index is 2.64. The van der Waals surface area contributed by atoms with E-state index in [4.69, 9.17) is 5.26 Å².